The SMILES string of the molecule is CC(NCC(C)C1CC1)c1ccc(O)cc1F. The lowest BCUT2D eigenvalue weighted by Gasteiger charge is -2.18. The molecule has 0 radical (unpaired) electrons. The molecule has 17 heavy (non-hydrogen) atoms. The number of hydrogen-bond acceptors (Lipinski definition) is 2. The highest BCUT2D eigenvalue weighted by atomic mass is 19.1. The van der Waals surface area contributed by atoms with E-state index in [-0.39, 0.29) is 17.6 Å². The molecule has 2 N–H and O–H groups in total. The van der Waals surface area contributed by atoms with Gasteiger partial charge >= 0.3 is 0 Å². The summed E-state index contributed by atoms with van der Waals surface area (Å²) in [4.78, 5) is 0. The molecule has 1 saturated carbocycles. The number of phenolic OH excluding ortho intramolecular Hbond substituents is 1. The lowest BCUT2D eigenvalue weighted by molar-refractivity contribution is 0.422. The van der Waals surface area contributed by atoms with Gasteiger partial charge in [0.25, 0.3) is 0 Å². The predicted molar refractivity (Wildman–Crippen MR) is 66.4 cm³/mol. The number of nitrogens with one attached hydrogen (secondary N) is 1. The molecule has 0 saturated heterocycles. The lowest BCUT2D eigenvalue weighted by Crippen LogP contribution is -2.25. The quantitative estimate of drug-likeness (QED) is 0.824. The van der Waals surface area contributed by atoms with E-state index in [1.165, 1.54) is 18.9 Å². The summed E-state index contributed by atoms with van der Waals surface area (Å²) in [5.41, 5.74) is 0.616. The van der Waals surface area contributed by atoms with Gasteiger partial charge < -0.3 is 10.4 Å². The molecule has 0 amide bonds. The van der Waals surface area contributed by atoms with Crippen LogP contribution in [-0.2, 0) is 0 Å². The second kappa shape index (κ2) is 5.05. The van der Waals surface area contributed by atoms with Gasteiger partial charge in [-0.3, -0.25) is 0 Å². The molecule has 1 fully saturated rings. The molecule has 0 aromatic heterocycles. The lowest BCUT2D eigenvalue weighted by atomic mass is 10.0. The molecule has 1 aliphatic carbocycles. The van der Waals surface area contributed by atoms with Crippen LogP contribution >= 0.6 is 0 Å². The van der Waals surface area contributed by atoms with Crippen molar-refractivity contribution in [2.24, 2.45) is 11.8 Å². The summed E-state index contributed by atoms with van der Waals surface area (Å²) in [5.74, 6) is 1.16. The van der Waals surface area contributed by atoms with Gasteiger partial charge in [-0.2, -0.15) is 0 Å². The number of benzene rings is 1. The van der Waals surface area contributed by atoms with Gasteiger partial charge in [0.1, 0.15) is 11.6 Å². The van der Waals surface area contributed by atoms with Crippen molar-refractivity contribution in [2.45, 2.75) is 32.7 Å². The van der Waals surface area contributed by atoms with Gasteiger partial charge in [0.05, 0.1) is 0 Å². The van der Waals surface area contributed by atoms with Crippen molar-refractivity contribution >= 4 is 0 Å². The molecule has 2 unspecified atom stereocenters. The fourth-order valence-electron chi connectivity index (χ4n) is 2.17. The molecule has 0 spiro atoms. The van der Waals surface area contributed by atoms with Crippen molar-refractivity contribution in [3.63, 3.8) is 0 Å². The third-order valence-corrected chi connectivity index (χ3v) is 3.62. The topological polar surface area (TPSA) is 32.3 Å². The van der Waals surface area contributed by atoms with Gasteiger partial charge in [0.2, 0.25) is 0 Å². The van der Waals surface area contributed by atoms with E-state index in [0.717, 1.165) is 18.5 Å². The average molecular weight is 237 g/mol. The van der Waals surface area contributed by atoms with E-state index in [1.807, 2.05) is 6.92 Å². The summed E-state index contributed by atoms with van der Waals surface area (Å²) in [7, 11) is 0. The largest absolute Gasteiger partial charge is 0.508 e. The van der Waals surface area contributed by atoms with E-state index < -0.39 is 0 Å². The van der Waals surface area contributed by atoms with Crippen molar-refractivity contribution in [3.8, 4) is 5.75 Å². The minimum atomic E-state index is -0.343. The van der Waals surface area contributed by atoms with E-state index in [9.17, 15) is 4.39 Å². The summed E-state index contributed by atoms with van der Waals surface area (Å²) in [6, 6.07) is 4.32. The third kappa shape index (κ3) is 3.19. The van der Waals surface area contributed by atoms with Crippen molar-refractivity contribution in [1.29, 1.82) is 0 Å². The van der Waals surface area contributed by atoms with E-state index in [0.29, 0.717) is 11.5 Å². The molecular formula is C14H20FNO. The summed E-state index contributed by atoms with van der Waals surface area (Å²) in [6.07, 6.45) is 2.68. The normalized spacial score (nSPS) is 19.0. The predicted octanol–water partition coefficient (Wildman–Crippen LogP) is 3.23. The first-order valence-electron chi connectivity index (χ1n) is 6.29. The summed E-state index contributed by atoms with van der Waals surface area (Å²) >= 11 is 0. The first-order valence-corrected chi connectivity index (χ1v) is 6.29. The standard InChI is InChI=1S/C14H20FNO/c1-9(11-3-4-11)8-16-10(2)13-6-5-12(17)7-14(13)15/h5-7,9-11,16-17H,3-4,8H2,1-2H3. The zero-order chi connectivity index (χ0) is 12.4. The summed E-state index contributed by atoms with van der Waals surface area (Å²) in [5, 5.41) is 12.5. The van der Waals surface area contributed by atoms with E-state index in [2.05, 4.69) is 12.2 Å². The second-order valence-electron chi connectivity index (χ2n) is 5.15. The number of rotatable bonds is 5. The van der Waals surface area contributed by atoms with Crippen molar-refractivity contribution < 1.29 is 9.50 Å². The number of phenols is 1. The Labute approximate surface area is 102 Å². The number of halogens is 1. The molecule has 94 valence electrons. The van der Waals surface area contributed by atoms with Crippen LogP contribution in [0.5, 0.6) is 5.75 Å². The van der Waals surface area contributed by atoms with Crippen LogP contribution in [0.25, 0.3) is 0 Å². The van der Waals surface area contributed by atoms with Gasteiger partial charge in [0.15, 0.2) is 0 Å². The first-order chi connectivity index (χ1) is 8.08. The highest BCUT2D eigenvalue weighted by Crippen LogP contribution is 2.36. The maximum absolute atomic E-state index is 13.6. The fourth-order valence-corrected chi connectivity index (χ4v) is 2.17. The minimum Gasteiger partial charge on any atom is -0.508 e. The minimum absolute atomic E-state index is 0.0169. The van der Waals surface area contributed by atoms with Gasteiger partial charge in [-0.15, -0.1) is 0 Å². The van der Waals surface area contributed by atoms with E-state index in [1.54, 1.807) is 6.07 Å². The molecule has 0 bridgehead atoms. The highest BCUT2D eigenvalue weighted by molar-refractivity contribution is 5.29. The molecule has 1 aromatic rings. The monoisotopic (exact) mass is 237 g/mol. The third-order valence-electron chi connectivity index (χ3n) is 3.62. The molecular weight excluding hydrogens is 217 g/mol. The molecule has 0 aliphatic heterocycles. The van der Waals surface area contributed by atoms with Crippen LogP contribution in [0.4, 0.5) is 4.39 Å². The Morgan fingerprint density at radius 2 is 2.12 bits per heavy atom. The van der Waals surface area contributed by atoms with Crippen LogP contribution in [-0.4, -0.2) is 11.7 Å². The van der Waals surface area contributed by atoms with Gasteiger partial charge in [-0.1, -0.05) is 13.0 Å². The Bertz CT molecular complexity index is 390. The van der Waals surface area contributed by atoms with Crippen LogP contribution in [0.3, 0.4) is 0 Å². The number of aromatic hydroxyl groups is 1. The van der Waals surface area contributed by atoms with Crippen LogP contribution in [0.2, 0.25) is 0 Å². The molecule has 2 nitrogen and oxygen atoms in total. The Morgan fingerprint density at radius 3 is 2.71 bits per heavy atom. The Hall–Kier alpha value is -1.09. The molecule has 0 heterocycles. The number of hydrogen-bond donors (Lipinski definition) is 2. The maximum atomic E-state index is 13.6. The van der Waals surface area contributed by atoms with Crippen LogP contribution < -0.4 is 5.32 Å². The Morgan fingerprint density at radius 1 is 1.41 bits per heavy atom. The summed E-state index contributed by atoms with van der Waals surface area (Å²) < 4.78 is 13.6. The van der Waals surface area contributed by atoms with Crippen molar-refractivity contribution in [2.75, 3.05) is 6.54 Å². The van der Waals surface area contributed by atoms with E-state index >= 15 is 0 Å². The molecule has 1 aromatic carbocycles. The zero-order valence-electron chi connectivity index (χ0n) is 10.4. The maximum Gasteiger partial charge on any atom is 0.131 e. The fraction of sp³-hybridized carbons (Fsp3) is 0.571. The van der Waals surface area contributed by atoms with Crippen LogP contribution in [0.1, 0.15) is 38.3 Å². The van der Waals surface area contributed by atoms with Crippen molar-refractivity contribution in [3.05, 3.63) is 29.6 Å². The smallest absolute Gasteiger partial charge is 0.131 e. The second-order valence-corrected chi connectivity index (χ2v) is 5.15. The molecule has 2 atom stereocenters. The van der Waals surface area contributed by atoms with Gasteiger partial charge in [-0.05, 0) is 44.2 Å². The van der Waals surface area contributed by atoms with Crippen LogP contribution in [0, 0.1) is 17.7 Å². The van der Waals surface area contributed by atoms with E-state index in [4.69, 9.17) is 5.11 Å². The highest BCUT2D eigenvalue weighted by Gasteiger charge is 2.27. The zero-order valence-corrected chi connectivity index (χ0v) is 10.4. The average Bonchev–Trinajstić information content (AvgIpc) is 3.09. The molecule has 3 heteroatoms. The van der Waals surface area contributed by atoms with Crippen LogP contribution in [0.15, 0.2) is 18.2 Å². The molecule has 1 aliphatic rings. The van der Waals surface area contributed by atoms with Gasteiger partial charge in [0, 0.05) is 17.7 Å². The summed E-state index contributed by atoms with van der Waals surface area (Å²) in [6.45, 7) is 5.12. The van der Waals surface area contributed by atoms with Gasteiger partial charge in [-0.25, -0.2) is 4.39 Å². The first kappa shape index (κ1) is 12.4. The Balaban J connectivity index is 1.91. The molecule has 2 rings (SSSR count). The van der Waals surface area contributed by atoms with Crippen molar-refractivity contribution in [1.82, 2.24) is 5.32 Å². The Kier molecular flexibility index (Phi) is 3.67.